The maximum absolute atomic E-state index is 9.42. The van der Waals surface area contributed by atoms with Crippen molar-refractivity contribution in [3.05, 3.63) is 0 Å². The fourth-order valence-corrected chi connectivity index (χ4v) is 0.803. The molecule has 0 fully saturated rings. The van der Waals surface area contributed by atoms with Crippen LogP contribution >= 0.6 is 0 Å². The molecule has 1 unspecified atom stereocenters. The molecule has 0 aromatic rings. The maximum atomic E-state index is 9.42. The quantitative estimate of drug-likeness (QED) is 0.671. The molecule has 3 nitrogen and oxygen atoms in total. The molecule has 0 bridgehead atoms. The number of hydrogen-bond donors (Lipinski definition) is 1. The van der Waals surface area contributed by atoms with Gasteiger partial charge in [-0.2, -0.15) is 0 Å². The van der Waals surface area contributed by atoms with E-state index in [-0.39, 0.29) is 17.6 Å². The van der Waals surface area contributed by atoms with E-state index >= 15 is 0 Å². The van der Waals surface area contributed by atoms with Crippen molar-refractivity contribution in [3.8, 4) is 0 Å². The Morgan fingerprint density at radius 2 is 1.71 bits per heavy atom. The molecule has 0 spiro atoms. The zero-order valence-electron chi connectivity index (χ0n) is 10.0. The Kier molecular flexibility index (Phi) is 6.33. The minimum absolute atomic E-state index is 0.111. The van der Waals surface area contributed by atoms with Gasteiger partial charge >= 0.3 is 0 Å². The second-order valence-electron chi connectivity index (χ2n) is 4.85. The summed E-state index contributed by atoms with van der Waals surface area (Å²) in [4.78, 5) is 0. The van der Waals surface area contributed by atoms with Crippen molar-refractivity contribution in [2.24, 2.45) is 5.92 Å². The molecule has 1 atom stereocenters. The Morgan fingerprint density at radius 1 is 1.14 bits per heavy atom. The normalized spacial score (nSPS) is 14.8. The molecule has 0 aromatic carbocycles. The third-order valence-corrected chi connectivity index (χ3v) is 1.82. The Bertz CT molecular complexity index is 138. The van der Waals surface area contributed by atoms with Gasteiger partial charge in [0.05, 0.1) is 31.5 Å². The smallest absolute Gasteiger partial charge is 0.0796 e. The fraction of sp³-hybridized carbons (Fsp3) is 1.00. The van der Waals surface area contributed by atoms with Crippen LogP contribution < -0.4 is 0 Å². The van der Waals surface area contributed by atoms with Gasteiger partial charge in [0.25, 0.3) is 0 Å². The summed E-state index contributed by atoms with van der Waals surface area (Å²) < 4.78 is 10.7. The minimum atomic E-state index is -0.371. The summed E-state index contributed by atoms with van der Waals surface area (Å²) in [5, 5.41) is 9.42. The number of ether oxygens (including phenoxy) is 2. The molecule has 1 N–H and O–H groups in total. The summed E-state index contributed by atoms with van der Waals surface area (Å²) in [7, 11) is 0. The van der Waals surface area contributed by atoms with Gasteiger partial charge in [-0.25, -0.2) is 0 Å². The van der Waals surface area contributed by atoms with Crippen molar-refractivity contribution < 1.29 is 14.6 Å². The standard InChI is InChI=1S/C11H24O3/c1-9(2)10(12)8-13-6-7-14-11(3,4)5/h9-10,12H,6-8H2,1-5H3. The van der Waals surface area contributed by atoms with Crippen LogP contribution in [-0.4, -0.2) is 36.6 Å². The van der Waals surface area contributed by atoms with E-state index < -0.39 is 0 Å². The summed E-state index contributed by atoms with van der Waals surface area (Å²) in [5.41, 5.74) is -0.111. The molecule has 0 saturated heterocycles. The zero-order chi connectivity index (χ0) is 11.2. The lowest BCUT2D eigenvalue weighted by molar-refractivity contribution is -0.0524. The van der Waals surface area contributed by atoms with Crippen LogP contribution in [0.5, 0.6) is 0 Å². The van der Waals surface area contributed by atoms with E-state index in [0.717, 1.165) is 0 Å². The van der Waals surface area contributed by atoms with Crippen molar-refractivity contribution in [3.63, 3.8) is 0 Å². The summed E-state index contributed by atoms with van der Waals surface area (Å²) >= 11 is 0. The van der Waals surface area contributed by atoms with Crippen LogP contribution in [0, 0.1) is 5.92 Å². The summed E-state index contributed by atoms with van der Waals surface area (Å²) in [6, 6.07) is 0. The van der Waals surface area contributed by atoms with Gasteiger partial charge in [-0.05, 0) is 26.7 Å². The first kappa shape index (κ1) is 13.9. The van der Waals surface area contributed by atoms with E-state index in [1.807, 2.05) is 34.6 Å². The first-order valence-corrected chi connectivity index (χ1v) is 5.22. The average Bonchev–Trinajstić information content (AvgIpc) is 2.01. The van der Waals surface area contributed by atoms with Gasteiger partial charge in [0.15, 0.2) is 0 Å². The SMILES string of the molecule is CC(C)C(O)COCCOC(C)(C)C. The number of aliphatic hydroxyl groups excluding tert-OH is 1. The van der Waals surface area contributed by atoms with Crippen LogP contribution in [0.2, 0.25) is 0 Å². The minimum Gasteiger partial charge on any atom is -0.390 e. The Morgan fingerprint density at radius 3 is 2.14 bits per heavy atom. The molecule has 86 valence electrons. The molecular weight excluding hydrogens is 180 g/mol. The van der Waals surface area contributed by atoms with Gasteiger partial charge < -0.3 is 14.6 Å². The number of aliphatic hydroxyl groups is 1. The molecule has 0 saturated carbocycles. The molecule has 0 rings (SSSR count). The van der Waals surface area contributed by atoms with Crippen molar-refractivity contribution in [2.75, 3.05) is 19.8 Å². The van der Waals surface area contributed by atoms with E-state index in [1.165, 1.54) is 0 Å². The van der Waals surface area contributed by atoms with E-state index in [0.29, 0.717) is 19.8 Å². The molecule has 0 aromatic heterocycles. The topological polar surface area (TPSA) is 38.7 Å². The molecule has 3 heteroatoms. The number of rotatable bonds is 6. The van der Waals surface area contributed by atoms with Crippen LogP contribution in [0.3, 0.4) is 0 Å². The van der Waals surface area contributed by atoms with Crippen molar-refractivity contribution in [2.45, 2.75) is 46.3 Å². The predicted octanol–water partition coefficient (Wildman–Crippen LogP) is 1.83. The summed E-state index contributed by atoms with van der Waals surface area (Å²) in [5.74, 6) is 0.249. The van der Waals surface area contributed by atoms with Crippen LogP contribution in [0.25, 0.3) is 0 Å². The van der Waals surface area contributed by atoms with Gasteiger partial charge in [-0.15, -0.1) is 0 Å². The zero-order valence-corrected chi connectivity index (χ0v) is 10.0. The monoisotopic (exact) mass is 204 g/mol. The largest absolute Gasteiger partial charge is 0.390 e. The van der Waals surface area contributed by atoms with Crippen LogP contribution in [-0.2, 0) is 9.47 Å². The molecule has 14 heavy (non-hydrogen) atoms. The summed E-state index contributed by atoms with van der Waals surface area (Å²) in [6.45, 7) is 11.5. The van der Waals surface area contributed by atoms with Gasteiger partial charge in [0.2, 0.25) is 0 Å². The maximum Gasteiger partial charge on any atom is 0.0796 e. The third-order valence-electron chi connectivity index (χ3n) is 1.82. The first-order valence-electron chi connectivity index (χ1n) is 5.22. The first-order chi connectivity index (χ1) is 6.33. The highest BCUT2D eigenvalue weighted by Gasteiger charge is 2.11. The van der Waals surface area contributed by atoms with Gasteiger partial charge in [-0.1, -0.05) is 13.8 Å². The van der Waals surface area contributed by atoms with Gasteiger partial charge in [0, 0.05) is 0 Å². The van der Waals surface area contributed by atoms with Crippen LogP contribution in [0.15, 0.2) is 0 Å². The van der Waals surface area contributed by atoms with Crippen LogP contribution in [0.4, 0.5) is 0 Å². The summed E-state index contributed by atoms with van der Waals surface area (Å²) in [6.07, 6.45) is -0.371. The molecule has 0 radical (unpaired) electrons. The van der Waals surface area contributed by atoms with Gasteiger partial charge in [-0.3, -0.25) is 0 Å². The lowest BCUT2D eigenvalue weighted by Crippen LogP contribution is -2.25. The highest BCUT2D eigenvalue weighted by atomic mass is 16.5. The lowest BCUT2D eigenvalue weighted by atomic mass is 10.1. The van der Waals surface area contributed by atoms with E-state index in [2.05, 4.69) is 0 Å². The van der Waals surface area contributed by atoms with E-state index in [9.17, 15) is 5.11 Å². The van der Waals surface area contributed by atoms with Gasteiger partial charge in [0.1, 0.15) is 0 Å². The number of hydrogen-bond acceptors (Lipinski definition) is 3. The molecule has 0 amide bonds. The van der Waals surface area contributed by atoms with E-state index in [1.54, 1.807) is 0 Å². The van der Waals surface area contributed by atoms with E-state index in [4.69, 9.17) is 9.47 Å². The second kappa shape index (κ2) is 6.38. The van der Waals surface area contributed by atoms with Crippen molar-refractivity contribution in [1.29, 1.82) is 0 Å². The highest BCUT2D eigenvalue weighted by Crippen LogP contribution is 2.06. The molecule has 0 aliphatic rings. The Balaban J connectivity index is 3.30. The molecule has 0 heterocycles. The Hall–Kier alpha value is -0.120. The fourth-order valence-electron chi connectivity index (χ4n) is 0.803. The van der Waals surface area contributed by atoms with Crippen molar-refractivity contribution >= 4 is 0 Å². The van der Waals surface area contributed by atoms with Crippen LogP contribution in [0.1, 0.15) is 34.6 Å². The highest BCUT2D eigenvalue weighted by molar-refractivity contribution is 4.59. The average molecular weight is 204 g/mol. The molecule has 0 aliphatic carbocycles. The Labute approximate surface area is 87.4 Å². The lowest BCUT2D eigenvalue weighted by Gasteiger charge is -2.20. The predicted molar refractivity (Wildman–Crippen MR) is 57.4 cm³/mol. The molecule has 0 aliphatic heterocycles. The third kappa shape index (κ3) is 8.48. The van der Waals surface area contributed by atoms with Crippen molar-refractivity contribution in [1.82, 2.24) is 0 Å². The molecular formula is C11H24O3. The second-order valence-corrected chi connectivity index (χ2v) is 4.85.